The third kappa shape index (κ3) is 2.11. The number of ether oxygens (including phenoxy) is 1. The topological polar surface area (TPSA) is 39.4 Å². The Labute approximate surface area is 91.5 Å². The molecule has 0 saturated heterocycles. The predicted molar refractivity (Wildman–Crippen MR) is 55.4 cm³/mol. The van der Waals surface area contributed by atoms with Crippen molar-refractivity contribution in [3.63, 3.8) is 0 Å². The van der Waals surface area contributed by atoms with Gasteiger partial charge in [0.05, 0.1) is 11.8 Å². The lowest BCUT2D eigenvalue weighted by atomic mass is 10.1. The first kappa shape index (κ1) is 10.4. The second kappa shape index (κ2) is 4.18. The van der Waals surface area contributed by atoms with Gasteiger partial charge >= 0.3 is 5.97 Å². The van der Waals surface area contributed by atoms with Crippen molar-refractivity contribution in [2.45, 2.75) is 6.92 Å². The summed E-state index contributed by atoms with van der Waals surface area (Å²) in [6.07, 6.45) is 1.45. The molecule has 1 aromatic heterocycles. The van der Waals surface area contributed by atoms with E-state index in [2.05, 4.69) is 0 Å². The number of esters is 1. The minimum Gasteiger partial charge on any atom is -0.464 e. The van der Waals surface area contributed by atoms with E-state index in [1.54, 1.807) is 12.1 Å². The Balaban J connectivity index is 2.41. The van der Waals surface area contributed by atoms with Crippen LogP contribution in [-0.4, -0.2) is 5.97 Å². The van der Waals surface area contributed by atoms with Crippen molar-refractivity contribution < 1.29 is 18.3 Å². The molecule has 0 fully saturated rings. The number of carbonyl (C=O) groups is 1. The normalized spacial score (nSPS) is 10.1. The number of rotatable bonds is 2. The van der Waals surface area contributed by atoms with Gasteiger partial charge in [0.25, 0.3) is 0 Å². The summed E-state index contributed by atoms with van der Waals surface area (Å²) in [5, 5.41) is 0. The standard InChI is InChI=1S/C12H9FO3/c1-8(14)16-9-4-5-11(13)10(7-9)12-3-2-6-15-12/h2-7H,1H3. The predicted octanol–water partition coefficient (Wildman–Crippen LogP) is 3.01. The zero-order chi connectivity index (χ0) is 11.5. The van der Waals surface area contributed by atoms with E-state index in [4.69, 9.17) is 9.15 Å². The molecule has 0 atom stereocenters. The van der Waals surface area contributed by atoms with Gasteiger partial charge in [-0.25, -0.2) is 4.39 Å². The smallest absolute Gasteiger partial charge is 0.308 e. The maximum Gasteiger partial charge on any atom is 0.308 e. The van der Waals surface area contributed by atoms with Crippen molar-refractivity contribution in [1.82, 2.24) is 0 Å². The fourth-order valence-electron chi connectivity index (χ4n) is 1.35. The van der Waals surface area contributed by atoms with Crippen molar-refractivity contribution >= 4 is 5.97 Å². The van der Waals surface area contributed by atoms with Crippen molar-refractivity contribution in [2.75, 3.05) is 0 Å². The van der Waals surface area contributed by atoms with Gasteiger partial charge in [-0.2, -0.15) is 0 Å². The molecule has 82 valence electrons. The average molecular weight is 220 g/mol. The monoisotopic (exact) mass is 220 g/mol. The van der Waals surface area contributed by atoms with Crippen molar-refractivity contribution in [2.24, 2.45) is 0 Å². The SMILES string of the molecule is CC(=O)Oc1ccc(F)c(-c2ccco2)c1. The summed E-state index contributed by atoms with van der Waals surface area (Å²) in [6.45, 7) is 1.29. The van der Waals surface area contributed by atoms with E-state index in [1.165, 1.54) is 31.4 Å². The van der Waals surface area contributed by atoms with Crippen LogP contribution in [0.15, 0.2) is 41.0 Å². The van der Waals surface area contributed by atoms with Crippen molar-refractivity contribution in [3.8, 4) is 17.1 Å². The van der Waals surface area contributed by atoms with Crippen LogP contribution in [0, 0.1) is 5.82 Å². The highest BCUT2D eigenvalue weighted by molar-refractivity contribution is 5.70. The summed E-state index contributed by atoms with van der Waals surface area (Å²) < 4.78 is 23.4. The maximum absolute atomic E-state index is 13.5. The quantitative estimate of drug-likeness (QED) is 0.576. The van der Waals surface area contributed by atoms with Crippen LogP contribution in [0.1, 0.15) is 6.92 Å². The number of carbonyl (C=O) groups excluding carboxylic acids is 1. The molecule has 0 aliphatic heterocycles. The summed E-state index contributed by atoms with van der Waals surface area (Å²) in [5.41, 5.74) is 0.267. The van der Waals surface area contributed by atoms with E-state index in [1.807, 2.05) is 0 Å². The lowest BCUT2D eigenvalue weighted by Crippen LogP contribution is -2.01. The van der Waals surface area contributed by atoms with Gasteiger partial charge in [-0.15, -0.1) is 0 Å². The van der Waals surface area contributed by atoms with Gasteiger partial charge in [0.2, 0.25) is 0 Å². The molecule has 3 nitrogen and oxygen atoms in total. The molecule has 0 aliphatic rings. The average Bonchev–Trinajstić information content (AvgIpc) is 2.73. The Morgan fingerprint density at radius 1 is 1.38 bits per heavy atom. The van der Waals surface area contributed by atoms with Crippen LogP contribution in [0.2, 0.25) is 0 Å². The summed E-state index contributed by atoms with van der Waals surface area (Å²) >= 11 is 0. The lowest BCUT2D eigenvalue weighted by molar-refractivity contribution is -0.131. The minimum absolute atomic E-state index is 0.267. The molecule has 0 aliphatic carbocycles. The molecule has 16 heavy (non-hydrogen) atoms. The molecule has 0 N–H and O–H groups in total. The Morgan fingerprint density at radius 2 is 2.19 bits per heavy atom. The van der Waals surface area contributed by atoms with E-state index in [9.17, 15) is 9.18 Å². The van der Waals surface area contributed by atoms with Crippen LogP contribution < -0.4 is 4.74 Å². The Hall–Kier alpha value is -2.10. The minimum atomic E-state index is -0.447. The highest BCUT2D eigenvalue weighted by Gasteiger charge is 2.10. The lowest BCUT2D eigenvalue weighted by Gasteiger charge is -2.04. The molecule has 0 bridgehead atoms. The molecule has 2 rings (SSSR count). The fraction of sp³-hybridized carbons (Fsp3) is 0.0833. The van der Waals surface area contributed by atoms with Gasteiger partial charge in [-0.3, -0.25) is 4.79 Å². The molecule has 0 unspecified atom stereocenters. The van der Waals surface area contributed by atoms with Crippen LogP contribution in [0.3, 0.4) is 0 Å². The highest BCUT2D eigenvalue weighted by Crippen LogP contribution is 2.27. The summed E-state index contributed by atoms with van der Waals surface area (Å²) in [7, 11) is 0. The summed E-state index contributed by atoms with van der Waals surface area (Å²) in [6, 6.07) is 7.35. The van der Waals surface area contributed by atoms with E-state index in [-0.39, 0.29) is 5.56 Å². The van der Waals surface area contributed by atoms with Gasteiger partial charge in [0.15, 0.2) is 0 Å². The van der Waals surface area contributed by atoms with E-state index >= 15 is 0 Å². The number of hydrogen-bond donors (Lipinski definition) is 0. The number of benzene rings is 1. The second-order valence-corrected chi connectivity index (χ2v) is 3.21. The molecule has 4 heteroatoms. The van der Waals surface area contributed by atoms with Gasteiger partial charge < -0.3 is 9.15 Å². The number of furan rings is 1. The van der Waals surface area contributed by atoms with E-state index in [0.717, 1.165) is 0 Å². The van der Waals surface area contributed by atoms with E-state index in [0.29, 0.717) is 11.5 Å². The molecule has 0 amide bonds. The van der Waals surface area contributed by atoms with Crippen LogP contribution in [-0.2, 0) is 4.79 Å². The fourth-order valence-corrected chi connectivity index (χ4v) is 1.35. The number of hydrogen-bond acceptors (Lipinski definition) is 3. The first-order valence-electron chi connectivity index (χ1n) is 4.68. The van der Waals surface area contributed by atoms with Crippen LogP contribution in [0.4, 0.5) is 4.39 Å². The zero-order valence-electron chi connectivity index (χ0n) is 8.57. The highest BCUT2D eigenvalue weighted by atomic mass is 19.1. The molecule has 0 spiro atoms. The van der Waals surface area contributed by atoms with E-state index < -0.39 is 11.8 Å². The molecule has 0 radical (unpaired) electrons. The third-order valence-corrected chi connectivity index (χ3v) is 1.99. The first-order chi connectivity index (χ1) is 7.66. The Kier molecular flexibility index (Phi) is 2.72. The van der Waals surface area contributed by atoms with Gasteiger partial charge in [0.1, 0.15) is 17.3 Å². The van der Waals surface area contributed by atoms with Gasteiger partial charge in [-0.05, 0) is 30.3 Å². The third-order valence-electron chi connectivity index (χ3n) is 1.99. The van der Waals surface area contributed by atoms with Crippen LogP contribution >= 0.6 is 0 Å². The Morgan fingerprint density at radius 3 is 2.81 bits per heavy atom. The Bertz CT molecular complexity index is 503. The largest absolute Gasteiger partial charge is 0.464 e. The molecule has 0 saturated carbocycles. The van der Waals surface area contributed by atoms with Gasteiger partial charge in [-0.1, -0.05) is 0 Å². The van der Waals surface area contributed by atoms with Crippen LogP contribution in [0.25, 0.3) is 11.3 Å². The second-order valence-electron chi connectivity index (χ2n) is 3.21. The molecule has 2 aromatic rings. The first-order valence-corrected chi connectivity index (χ1v) is 4.68. The summed E-state index contributed by atoms with van der Waals surface area (Å²) in [4.78, 5) is 10.8. The zero-order valence-corrected chi connectivity index (χ0v) is 8.57. The maximum atomic E-state index is 13.5. The molecular formula is C12H9FO3. The van der Waals surface area contributed by atoms with Gasteiger partial charge in [0, 0.05) is 6.92 Å². The molecular weight excluding hydrogens is 211 g/mol. The van der Waals surface area contributed by atoms with Crippen LogP contribution in [0.5, 0.6) is 5.75 Å². The summed E-state index contributed by atoms with van der Waals surface area (Å²) in [5.74, 6) is -0.186. The van der Waals surface area contributed by atoms with Crippen molar-refractivity contribution in [1.29, 1.82) is 0 Å². The van der Waals surface area contributed by atoms with Crippen molar-refractivity contribution in [3.05, 3.63) is 42.4 Å². The molecule has 1 aromatic carbocycles. The number of halogens is 1. The molecule has 1 heterocycles.